The molecule has 0 unspecified atom stereocenters. The lowest BCUT2D eigenvalue weighted by atomic mass is 10.2. The highest BCUT2D eigenvalue weighted by molar-refractivity contribution is 5.93. The van der Waals surface area contributed by atoms with E-state index in [9.17, 15) is 19.2 Å². The molecule has 2 aromatic rings. The molecule has 0 amide bonds. The zero-order valence-corrected chi connectivity index (χ0v) is 13.0. The molecule has 0 aliphatic carbocycles. The third-order valence-electron chi connectivity index (χ3n) is 2.89. The van der Waals surface area contributed by atoms with Crippen molar-refractivity contribution in [2.45, 2.75) is 0 Å². The number of hydrogen-bond acceptors (Lipinski definition) is 7. The molecule has 2 aromatic carbocycles. The van der Waals surface area contributed by atoms with Crippen LogP contribution in [-0.4, -0.2) is 37.1 Å². The van der Waals surface area contributed by atoms with E-state index in [-0.39, 0.29) is 11.1 Å². The van der Waals surface area contributed by atoms with Crippen LogP contribution in [0.15, 0.2) is 60.7 Å². The Labute approximate surface area is 143 Å². The third kappa shape index (κ3) is 5.91. The molecule has 0 aliphatic heterocycles. The predicted molar refractivity (Wildman–Crippen MR) is 84.5 cm³/mol. The Bertz CT molecular complexity index is 688. The van der Waals surface area contributed by atoms with Gasteiger partial charge < -0.3 is 14.2 Å². The molecule has 0 aromatic heterocycles. The first-order valence-electron chi connectivity index (χ1n) is 7.24. The third-order valence-corrected chi connectivity index (χ3v) is 2.89. The minimum atomic E-state index is -1.06. The molecule has 0 saturated carbocycles. The number of rotatable bonds is 6. The molecule has 0 radical (unpaired) electrons. The van der Waals surface area contributed by atoms with E-state index in [2.05, 4.69) is 4.74 Å². The topological polar surface area (TPSA) is 96.0 Å². The smallest absolute Gasteiger partial charge is 0.352 e. The number of ether oxygens (including phenoxy) is 3. The van der Waals surface area contributed by atoms with Crippen molar-refractivity contribution in [2.24, 2.45) is 0 Å². The summed E-state index contributed by atoms with van der Waals surface area (Å²) >= 11 is 0. The van der Waals surface area contributed by atoms with Gasteiger partial charge in [0.05, 0.1) is 11.1 Å². The molecule has 0 N–H and O–H groups in total. The van der Waals surface area contributed by atoms with Crippen molar-refractivity contribution in [3.63, 3.8) is 0 Å². The Balaban J connectivity index is 1.70. The van der Waals surface area contributed by atoms with Gasteiger partial charge in [-0.1, -0.05) is 36.4 Å². The van der Waals surface area contributed by atoms with Gasteiger partial charge in [-0.2, -0.15) is 0 Å². The molecule has 0 atom stereocenters. The maximum absolute atomic E-state index is 11.6. The summed E-state index contributed by atoms with van der Waals surface area (Å²) in [7, 11) is 0. The number of carbonyl (C=O) groups is 4. The average Bonchev–Trinajstić information content (AvgIpc) is 2.65. The van der Waals surface area contributed by atoms with E-state index in [1.54, 1.807) is 36.4 Å². The van der Waals surface area contributed by atoms with Crippen molar-refractivity contribution in [1.82, 2.24) is 0 Å². The molecular weight excluding hydrogens is 328 g/mol. The van der Waals surface area contributed by atoms with E-state index in [1.165, 1.54) is 24.3 Å². The summed E-state index contributed by atoms with van der Waals surface area (Å²) in [5.41, 5.74) is 0.525. The van der Waals surface area contributed by atoms with Crippen LogP contribution in [0.4, 0.5) is 0 Å². The van der Waals surface area contributed by atoms with Gasteiger partial charge in [0, 0.05) is 0 Å². The van der Waals surface area contributed by atoms with E-state index >= 15 is 0 Å². The van der Waals surface area contributed by atoms with Crippen LogP contribution in [0.1, 0.15) is 20.7 Å². The Morgan fingerprint density at radius 1 is 0.600 bits per heavy atom. The molecule has 0 aliphatic rings. The van der Waals surface area contributed by atoms with Crippen molar-refractivity contribution < 1.29 is 33.4 Å². The van der Waals surface area contributed by atoms with Crippen molar-refractivity contribution in [1.29, 1.82) is 0 Å². The van der Waals surface area contributed by atoms with Crippen molar-refractivity contribution in [2.75, 3.05) is 13.2 Å². The first-order chi connectivity index (χ1) is 12.1. The minimum Gasteiger partial charge on any atom is -0.450 e. The van der Waals surface area contributed by atoms with Gasteiger partial charge in [-0.3, -0.25) is 0 Å². The van der Waals surface area contributed by atoms with Crippen LogP contribution >= 0.6 is 0 Å². The van der Waals surface area contributed by atoms with Gasteiger partial charge in [-0.25, -0.2) is 19.2 Å². The zero-order chi connectivity index (χ0) is 18.1. The lowest BCUT2D eigenvalue weighted by Gasteiger charge is -2.06. The van der Waals surface area contributed by atoms with Crippen LogP contribution < -0.4 is 0 Å². The largest absolute Gasteiger partial charge is 0.450 e. The Hall–Kier alpha value is -3.48. The number of esters is 4. The molecule has 128 valence electrons. The fourth-order valence-corrected chi connectivity index (χ4v) is 1.75. The summed E-state index contributed by atoms with van der Waals surface area (Å²) in [6.45, 7) is -1.46. The summed E-state index contributed by atoms with van der Waals surface area (Å²) in [5.74, 6) is -3.57. The van der Waals surface area contributed by atoms with Gasteiger partial charge in [-0.05, 0) is 24.3 Å². The lowest BCUT2D eigenvalue weighted by Crippen LogP contribution is -2.23. The molecule has 0 heterocycles. The van der Waals surface area contributed by atoms with Gasteiger partial charge in [0.2, 0.25) is 0 Å². The van der Waals surface area contributed by atoms with Gasteiger partial charge >= 0.3 is 23.9 Å². The summed E-state index contributed by atoms with van der Waals surface area (Å²) < 4.78 is 13.8. The van der Waals surface area contributed by atoms with Crippen LogP contribution in [0.3, 0.4) is 0 Å². The highest BCUT2D eigenvalue weighted by Gasteiger charge is 2.16. The average molecular weight is 342 g/mol. The van der Waals surface area contributed by atoms with Gasteiger partial charge in [0.25, 0.3) is 0 Å². The standard InChI is InChI=1S/C18H14O7/c19-15(11-23-17(21)13-7-3-1-4-8-13)25-16(20)12-24-18(22)14-9-5-2-6-10-14/h1-10H,11-12H2. The second-order valence-electron chi connectivity index (χ2n) is 4.73. The van der Waals surface area contributed by atoms with E-state index in [0.717, 1.165) is 0 Å². The highest BCUT2D eigenvalue weighted by Crippen LogP contribution is 2.02. The predicted octanol–water partition coefficient (Wildman–Crippen LogP) is 1.77. The molecule has 7 heteroatoms. The fourth-order valence-electron chi connectivity index (χ4n) is 1.75. The summed E-state index contributed by atoms with van der Waals surface area (Å²) in [5, 5.41) is 0. The fraction of sp³-hybridized carbons (Fsp3) is 0.111. The van der Waals surface area contributed by atoms with Crippen LogP contribution in [0.25, 0.3) is 0 Å². The Morgan fingerprint density at radius 3 is 1.32 bits per heavy atom. The van der Waals surface area contributed by atoms with E-state index in [1.807, 2.05) is 0 Å². The summed E-state index contributed by atoms with van der Waals surface area (Å²) in [6.07, 6.45) is 0. The maximum Gasteiger partial charge on any atom is 0.352 e. The van der Waals surface area contributed by atoms with Gasteiger partial charge in [-0.15, -0.1) is 0 Å². The molecular formula is C18H14O7. The quantitative estimate of drug-likeness (QED) is 0.448. The second-order valence-corrected chi connectivity index (χ2v) is 4.73. The first-order valence-corrected chi connectivity index (χ1v) is 7.24. The molecule has 2 rings (SSSR count). The molecule has 7 nitrogen and oxygen atoms in total. The van der Waals surface area contributed by atoms with E-state index in [4.69, 9.17) is 9.47 Å². The molecule has 0 saturated heterocycles. The van der Waals surface area contributed by atoms with Crippen LogP contribution in [0.5, 0.6) is 0 Å². The van der Waals surface area contributed by atoms with E-state index in [0.29, 0.717) is 0 Å². The molecule has 0 spiro atoms. The van der Waals surface area contributed by atoms with Crippen molar-refractivity contribution in [3.8, 4) is 0 Å². The van der Waals surface area contributed by atoms with Gasteiger partial charge in [0.15, 0.2) is 13.2 Å². The molecule has 0 fully saturated rings. The number of carbonyl (C=O) groups excluding carboxylic acids is 4. The molecule has 25 heavy (non-hydrogen) atoms. The monoisotopic (exact) mass is 342 g/mol. The zero-order valence-electron chi connectivity index (χ0n) is 13.0. The SMILES string of the molecule is O=C(COC(=O)c1ccccc1)OC(=O)COC(=O)c1ccccc1. The first kappa shape index (κ1) is 17.9. The Kier molecular flexibility index (Phi) is 6.41. The minimum absolute atomic E-state index is 0.262. The van der Waals surface area contributed by atoms with Gasteiger partial charge in [0.1, 0.15) is 0 Å². The number of hydrogen-bond donors (Lipinski definition) is 0. The summed E-state index contributed by atoms with van der Waals surface area (Å²) in [4.78, 5) is 46.1. The van der Waals surface area contributed by atoms with Crippen molar-refractivity contribution in [3.05, 3.63) is 71.8 Å². The van der Waals surface area contributed by atoms with Crippen LogP contribution in [0.2, 0.25) is 0 Å². The number of benzene rings is 2. The molecule has 0 bridgehead atoms. The lowest BCUT2D eigenvalue weighted by molar-refractivity contribution is -0.163. The Morgan fingerprint density at radius 2 is 0.960 bits per heavy atom. The van der Waals surface area contributed by atoms with Crippen LogP contribution in [0, 0.1) is 0 Å². The highest BCUT2D eigenvalue weighted by atomic mass is 16.6. The maximum atomic E-state index is 11.6. The van der Waals surface area contributed by atoms with Crippen molar-refractivity contribution >= 4 is 23.9 Å². The van der Waals surface area contributed by atoms with Crippen LogP contribution in [-0.2, 0) is 23.8 Å². The van der Waals surface area contributed by atoms with E-state index < -0.39 is 37.1 Å². The normalized spacial score (nSPS) is 9.76. The summed E-state index contributed by atoms with van der Waals surface area (Å²) in [6, 6.07) is 16.1. The second kappa shape index (κ2) is 8.97.